The van der Waals surface area contributed by atoms with Crippen molar-refractivity contribution in [1.29, 1.82) is 0 Å². The van der Waals surface area contributed by atoms with Crippen molar-refractivity contribution in [1.82, 2.24) is 4.57 Å². The number of hydrogen-bond acceptors (Lipinski definition) is 2. The Morgan fingerprint density at radius 1 is 1.47 bits per heavy atom. The van der Waals surface area contributed by atoms with Gasteiger partial charge in [-0.05, 0) is 27.6 Å². The normalized spacial score (nSPS) is 10.9. The van der Waals surface area contributed by atoms with Gasteiger partial charge < -0.3 is 15.0 Å². The van der Waals surface area contributed by atoms with E-state index in [1.54, 1.807) is 7.11 Å². The smallest absolute Gasteiger partial charge is 0.135 e. The van der Waals surface area contributed by atoms with Crippen LogP contribution in [0.5, 0.6) is 5.75 Å². The number of methoxy groups -OCH3 is 1. The molecule has 2 N–H and O–H groups in total. The van der Waals surface area contributed by atoms with Gasteiger partial charge in [0, 0.05) is 31.2 Å². The minimum absolute atomic E-state index is 0.552. The van der Waals surface area contributed by atoms with E-state index in [9.17, 15) is 0 Å². The van der Waals surface area contributed by atoms with Gasteiger partial charge in [0.05, 0.1) is 17.1 Å². The highest BCUT2D eigenvalue weighted by molar-refractivity contribution is 9.10. The topological polar surface area (TPSA) is 40.2 Å². The SMILES string of the molecule is COc1cc2c(cc1Br)c(CN)cn2C. The van der Waals surface area contributed by atoms with Gasteiger partial charge in [0.2, 0.25) is 0 Å². The van der Waals surface area contributed by atoms with Gasteiger partial charge >= 0.3 is 0 Å². The molecule has 0 aliphatic rings. The zero-order chi connectivity index (χ0) is 11.0. The predicted octanol–water partition coefficient (Wildman–Crippen LogP) is 2.41. The van der Waals surface area contributed by atoms with Crippen molar-refractivity contribution in [3.8, 4) is 5.75 Å². The van der Waals surface area contributed by atoms with Crippen molar-refractivity contribution in [3.05, 3.63) is 28.4 Å². The van der Waals surface area contributed by atoms with E-state index in [4.69, 9.17) is 10.5 Å². The zero-order valence-corrected chi connectivity index (χ0v) is 10.3. The molecule has 4 heteroatoms. The monoisotopic (exact) mass is 268 g/mol. The van der Waals surface area contributed by atoms with Crippen LogP contribution in [0.1, 0.15) is 5.56 Å². The molecule has 15 heavy (non-hydrogen) atoms. The van der Waals surface area contributed by atoms with E-state index in [0.29, 0.717) is 6.54 Å². The second kappa shape index (κ2) is 3.87. The van der Waals surface area contributed by atoms with Crippen molar-refractivity contribution >= 4 is 26.8 Å². The van der Waals surface area contributed by atoms with E-state index in [2.05, 4.69) is 32.8 Å². The lowest BCUT2D eigenvalue weighted by molar-refractivity contribution is 0.412. The summed E-state index contributed by atoms with van der Waals surface area (Å²) in [5.74, 6) is 0.840. The summed E-state index contributed by atoms with van der Waals surface area (Å²) in [6.45, 7) is 0.552. The molecule has 80 valence electrons. The average molecular weight is 269 g/mol. The van der Waals surface area contributed by atoms with Crippen LogP contribution in [-0.4, -0.2) is 11.7 Å². The van der Waals surface area contributed by atoms with Crippen LogP contribution in [-0.2, 0) is 13.6 Å². The van der Waals surface area contributed by atoms with E-state index in [-0.39, 0.29) is 0 Å². The largest absolute Gasteiger partial charge is 0.495 e. The molecule has 1 aromatic carbocycles. The van der Waals surface area contributed by atoms with Crippen LogP contribution in [0.15, 0.2) is 22.8 Å². The molecule has 0 amide bonds. The van der Waals surface area contributed by atoms with Gasteiger partial charge in [-0.1, -0.05) is 0 Å². The second-order valence-corrected chi connectivity index (χ2v) is 4.33. The number of aromatic nitrogens is 1. The molecule has 1 aromatic heterocycles. The van der Waals surface area contributed by atoms with Gasteiger partial charge in [-0.3, -0.25) is 0 Å². The fourth-order valence-corrected chi connectivity index (χ4v) is 2.29. The summed E-state index contributed by atoms with van der Waals surface area (Å²) in [5, 5.41) is 1.17. The lowest BCUT2D eigenvalue weighted by Gasteiger charge is -2.04. The van der Waals surface area contributed by atoms with E-state index >= 15 is 0 Å². The number of fused-ring (bicyclic) bond motifs is 1. The molecule has 0 radical (unpaired) electrons. The third kappa shape index (κ3) is 1.64. The summed E-state index contributed by atoms with van der Waals surface area (Å²) in [5.41, 5.74) is 7.97. The minimum atomic E-state index is 0.552. The first-order chi connectivity index (χ1) is 7.17. The quantitative estimate of drug-likeness (QED) is 0.909. The molecule has 2 rings (SSSR count). The third-order valence-electron chi connectivity index (χ3n) is 2.57. The Bertz CT molecular complexity index is 505. The van der Waals surface area contributed by atoms with Gasteiger partial charge in [-0.25, -0.2) is 0 Å². The Kier molecular flexibility index (Phi) is 2.71. The first-order valence-electron chi connectivity index (χ1n) is 4.69. The Labute approximate surface area is 96.9 Å². The lowest BCUT2D eigenvalue weighted by atomic mass is 10.2. The molecule has 1 heterocycles. The summed E-state index contributed by atoms with van der Waals surface area (Å²) < 4.78 is 8.28. The molecular weight excluding hydrogens is 256 g/mol. The molecule has 3 nitrogen and oxygen atoms in total. The third-order valence-corrected chi connectivity index (χ3v) is 3.19. The first-order valence-corrected chi connectivity index (χ1v) is 5.48. The number of ether oxygens (including phenoxy) is 1. The highest BCUT2D eigenvalue weighted by Crippen LogP contribution is 2.32. The molecule has 0 spiro atoms. The lowest BCUT2D eigenvalue weighted by Crippen LogP contribution is -1.94. The zero-order valence-electron chi connectivity index (χ0n) is 8.75. The number of aryl methyl sites for hydroxylation is 1. The summed E-state index contributed by atoms with van der Waals surface area (Å²) in [6, 6.07) is 4.06. The molecule has 0 saturated heterocycles. The molecular formula is C11H13BrN2O. The van der Waals surface area contributed by atoms with Gasteiger partial charge in [-0.2, -0.15) is 0 Å². The van der Waals surface area contributed by atoms with Gasteiger partial charge in [0.15, 0.2) is 0 Å². The summed E-state index contributed by atoms with van der Waals surface area (Å²) in [7, 11) is 3.67. The van der Waals surface area contributed by atoms with Crippen LogP contribution < -0.4 is 10.5 Å². The maximum atomic E-state index is 5.69. The summed E-state index contributed by atoms with van der Waals surface area (Å²) in [6.07, 6.45) is 2.05. The van der Waals surface area contributed by atoms with E-state index in [1.165, 1.54) is 5.39 Å². The molecule has 0 fully saturated rings. The molecule has 0 aliphatic carbocycles. The fourth-order valence-electron chi connectivity index (χ4n) is 1.78. The second-order valence-electron chi connectivity index (χ2n) is 3.47. The van der Waals surface area contributed by atoms with Gasteiger partial charge in [-0.15, -0.1) is 0 Å². The average Bonchev–Trinajstić information content (AvgIpc) is 2.54. The van der Waals surface area contributed by atoms with Gasteiger partial charge in [0.1, 0.15) is 5.75 Å². The first kappa shape index (κ1) is 10.5. The molecule has 0 aliphatic heterocycles. The number of rotatable bonds is 2. The Balaban J connectivity index is 2.77. The predicted molar refractivity (Wildman–Crippen MR) is 65.1 cm³/mol. The number of nitrogens with zero attached hydrogens (tertiary/aromatic N) is 1. The van der Waals surface area contributed by atoms with Crippen LogP contribution in [0.3, 0.4) is 0 Å². The molecule has 0 unspecified atom stereocenters. The Hall–Kier alpha value is -1.00. The van der Waals surface area contributed by atoms with Crippen molar-refractivity contribution in [2.45, 2.75) is 6.54 Å². The van der Waals surface area contributed by atoms with Gasteiger partial charge in [0.25, 0.3) is 0 Å². The Morgan fingerprint density at radius 3 is 2.80 bits per heavy atom. The molecule has 2 aromatic rings. The number of nitrogens with two attached hydrogens (primary N) is 1. The van der Waals surface area contributed by atoms with Crippen LogP contribution in [0.25, 0.3) is 10.9 Å². The number of benzene rings is 1. The van der Waals surface area contributed by atoms with Crippen LogP contribution in [0.2, 0.25) is 0 Å². The number of halogens is 1. The van der Waals surface area contributed by atoms with Crippen molar-refractivity contribution in [3.63, 3.8) is 0 Å². The number of hydrogen-bond donors (Lipinski definition) is 1. The summed E-state index contributed by atoms with van der Waals surface area (Å²) >= 11 is 3.48. The molecule has 0 saturated carbocycles. The van der Waals surface area contributed by atoms with Crippen molar-refractivity contribution < 1.29 is 4.74 Å². The highest BCUT2D eigenvalue weighted by Gasteiger charge is 2.09. The summed E-state index contributed by atoms with van der Waals surface area (Å²) in [4.78, 5) is 0. The Morgan fingerprint density at radius 2 is 2.20 bits per heavy atom. The van der Waals surface area contributed by atoms with E-state index in [1.807, 2.05) is 13.1 Å². The van der Waals surface area contributed by atoms with Crippen molar-refractivity contribution in [2.24, 2.45) is 12.8 Å². The maximum absolute atomic E-state index is 5.69. The van der Waals surface area contributed by atoms with E-state index in [0.717, 1.165) is 21.3 Å². The molecule has 0 atom stereocenters. The molecule has 0 bridgehead atoms. The standard InChI is InChI=1S/C11H13BrN2O/c1-14-6-7(5-13)8-3-9(12)11(15-2)4-10(8)14/h3-4,6H,5,13H2,1-2H3. The fraction of sp³-hybridized carbons (Fsp3) is 0.273. The van der Waals surface area contributed by atoms with Crippen molar-refractivity contribution in [2.75, 3.05) is 7.11 Å². The maximum Gasteiger partial charge on any atom is 0.135 e. The highest BCUT2D eigenvalue weighted by atomic mass is 79.9. The van der Waals surface area contributed by atoms with E-state index < -0.39 is 0 Å². The minimum Gasteiger partial charge on any atom is -0.495 e. The van der Waals surface area contributed by atoms with Crippen LogP contribution >= 0.6 is 15.9 Å². The van der Waals surface area contributed by atoms with Crippen LogP contribution in [0.4, 0.5) is 0 Å². The van der Waals surface area contributed by atoms with Crippen LogP contribution in [0, 0.1) is 0 Å².